The third-order valence-electron chi connectivity index (χ3n) is 8.12. The molecule has 2 aliphatic heterocycles. The van der Waals surface area contributed by atoms with Gasteiger partial charge in [0.25, 0.3) is 11.5 Å². The summed E-state index contributed by atoms with van der Waals surface area (Å²) in [5, 5.41) is 10.2. The Morgan fingerprint density at radius 2 is 1.69 bits per heavy atom. The normalized spacial score (nSPS) is 25.4. The van der Waals surface area contributed by atoms with Crippen LogP contribution in [0.1, 0.15) is 94.1 Å². The fraction of sp³-hybridized carbons (Fsp3) is 0.630. The van der Waals surface area contributed by atoms with Gasteiger partial charge in [-0.15, -0.1) is 0 Å². The van der Waals surface area contributed by atoms with E-state index in [-0.39, 0.29) is 22.5 Å². The molecular weight excluding hydrogens is 474 g/mol. The van der Waals surface area contributed by atoms with Crippen LogP contribution in [0, 0.1) is 5.41 Å². The molecule has 3 atom stereocenters. The molecule has 1 aromatic carbocycles. The Morgan fingerprint density at radius 1 is 1.03 bits per heavy atom. The zero-order chi connectivity index (χ0) is 25.1. The quantitative estimate of drug-likeness (QED) is 0.332. The Hall–Kier alpha value is -2.23. The number of amides is 1. The Morgan fingerprint density at radius 3 is 2.39 bits per heavy atom. The molecule has 2 N–H and O–H groups in total. The lowest BCUT2D eigenvalue weighted by atomic mass is 9.89. The van der Waals surface area contributed by atoms with Gasteiger partial charge in [-0.2, -0.15) is 0 Å². The second-order valence-electron chi connectivity index (χ2n) is 10.4. The standard InChI is InChI=1S/C27H37N5O3S/c1-2-35-36-27(28)30-25(33)24-26(34)32(23-13-9-8-12-22(23)29-24)21-16-19-14-15-20(17-21)31(19)18-10-6-4-3-5-7-11-18/h8-9,12-13,18-21H,2-7,10-11,14-17H2,1H3,(H2,28,30,33)/t19-,20+,21?. The molecule has 3 aliphatic rings. The van der Waals surface area contributed by atoms with Crippen LogP contribution in [0.4, 0.5) is 0 Å². The second kappa shape index (κ2) is 11.4. The van der Waals surface area contributed by atoms with Gasteiger partial charge in [-0.25, -0.2) is 4.98 Å². The minimum absolute atomic E-state index is 0.0384. The third kappa shape index (κ3) is 5.24. The molecule has 1 saturated carbocycles. The molecule has 1 amide bonds. The number of hydrogen-bond acceptors (Lipinski definition) is 7. The van der Waals surface area contributed by atoms with E-state index in [1.807, 2.05) is 28.8 Å². The lowest BCUT2D eigenvalue weighted by molar-refractivity contribution is 0.0497. The molecule has 5 rings (SSSR count). The zero-order valence-electron chi connectivity index (χ0n) is 21.1. The van der Waals surface area contributed by atoms with E-state index in [2.05, 4.69) is 15.2 Å². The summed E-state index contributed by atoms with van der Waals surface area (Å²) in [6.07, 6.45) is 13.6. The SMILES string of the molecule is CCOSC(=N)NC(=O)c1nc2ccccc2n(C2C[C@H]3CC[C@@H](C2)N3C2CCCCCCC2)c1=O. The number of para-hydroxylation sites is 2. The molecule has 0 radical (unpaired) electrons. The van der Waals surface area contributed by atoms with Crippen LogP contribution in [-0.4, -0.2) is 50.3 Å². The molecule has 2 bridgehead atoms. The van der Waals surface area contributed by atoms with Gasteiger partial charge in [-0.1, -0.05) is 44.2 Å². The van der Waals surface area contributed by atoms with E-state index < -0.39 is 5.91 Å². The summed E-state index contributed by atoms with van der Waals surface area (Å²) in [5.41, 5.74) is 0.872. The minimum Gasteiger partial charge on any atom is -0.308 e. The average molecular weight is 512 g/mol. The van der Waals surface area contributed by atoms with Gasteiger partial charge in [0.2, 0.25) is 0 Å². The number of carbonyl (C=O) groups is 1. The molecule has 0 spiro atoms. The molecule has 1 aliphatic carbocycles. The maximum atomic E-state index is 13.7. The van der Waals surface area contributed by atoms with Crippen molar-refractivity contribution in [2.75, 3.05) is 6.61 Å². The highest BCUT2D eigenvalue weighted by molar-refractivity contribution is 8.09. The fourth-order valence-electron chi connectivity index (χ4n) is 6.69. The first kappa shape index (κ1) is 25.4. The molecule has 3 fully saturated rings. The van der Waals surface area contributed by atoms with Crippen molar-refractivity contribution in [3.8, 4) is 0 Å². The number of aromatic nitrogens is 2. The van der Waals surface area contributed by atoms with Crippen LogP contribution < -0.4 is 10.9 Å². The van der Waals surface area contributed by atoms with Crippen LogP contribution >= 0.6 is 12.0 Å². The van der Waals surface area contributed by atoms with Crippen molar-refractivity contribution < 1.29 is 8.98 Å². The Kier molecular flexibility index (Phi) is 8.08. The molecule has 9 heteroatoms. The van der Waals surface area contributed by atoms with Crippen molar-refractivity contribution in [3.05, 3.63) is 40.3 Å². The van der Waals surface area contributed by atoms with Gasteiger partial charge in [0.15, 0.2) is 10.9 Å². The highest BCUT2D eigenvalue weighted by atomic mass is 32.2. The average Bonchev–Trinajstić information content (AvgIpc) is 3.10. The van der Waals surface area contributed by atoms with E-state index >= 15 is 0 Å². The van der Waals surface area contributed by atoms with Gasteiger partial charge in [-0.05, 0) is 57.6 Å². The van der Waals surface area contributed by atoms with Crippen molar-refractivity contribution in [1.82, 2.24) is 19.8 Å². The van der Waals surface area contributed by atoms with Crippen LogP contribution in [0.2, 0.25) is 0 Å². The van der Waals surface area contributed by atoms with E-state index in [0.29, 0.717) is 30.2 Å². The Bertz CT molecular complexity index is 1150. The lowest BCUT2D eigenvalue weighted by Gasteiger charge is -2.45. The number of amidine groups is 1. The molecule has 2 saturated heterocycles. The molecule has 36 heavy (non-hydrogen) atoms. The highest BCUT2D eigenvalue weighted by Gasteiger charge is 2.44. The first-order chi connectivity index (χ1) is 17.6. The van der Waals surface area contributed by atoms with Crippen molar-refractivity contribution >= 4 is 34.2 Å². The van der Waals surface area contributed by atoms with E-state index in [1.54, 1.807) is 6.92 Å². The van der Waals surface area contributed by atoms with Crippen molar-refractivity contribution in [1.29, 1.82) is 5.41 Å². The van der Waals surface area contributed by atoms with Crippen LogP contribution in [0.15, 0.2) is 29.1 Å². The second-order valence-corrected chi connectivity index (χ2v) is 11.2. The number of nitrogens with zero attached hydrogens (tertiary/aromatic N) is 3. The van der Waals surface area contributed by atoms with Crippen LogP contribution in [0.25, 0.3) is 11.0 Å². The summed E-state index contributed by atoms with van der Waals surface area (Å²) in [6, 6.07) is 9.27. The molecule has 3 heterocycles. The summed E-state index contributed by atoms with van der Waals surface area (Å²) in [4.78, 5) is 33.9. The summed E-state index contributed by atoms with van der Waals surface area (Å²) in [5.74, 6) is -0.661. The van der Waals surface area contributed by atoms with E-state index in [1.165, 1.54) is 57.8 Å². The molecule has 1 unspecified atom stereocenters. The molecule has 8 nitrogen and oxygen atoms in total. The van der Waals surface area contributed by atoms with Crippen molar-refractivity contribution in [3.63, 3.8) is 0 Å². The van der Waals surface area contributed by atoms with E-state index in [0.717, 1.165) is 30.4 Å². The Balaban J connectivity index is 1.43. The first-order valence-electron chi connectivity index (χ1n) is 13.5. The number of fused-ring (bicyclic) bond motifs is 3. The van der Waals surface area contributed by atoms with Crippen molar-refractivity contribution in [2.45, 2.75) is 102 Å². The van der Waals surface area contributed by atoms with Gasteiger partial charge in [0.1, 0.15) is 0 Å². The fourth-order valence-corrected chi connectivity index (χ4v) is 7.06. The van der Waals surface area contributed by atoms with Crippen molar-refractivity contribution in [2.24, 2.45) is 0 Å². The van der Waals surface area contributed by atoms with E-state index in [4.69, 9.17) is 9.59 Å². The number of rotatable bonds is 5. The summed E-state index contributed by atoms with van der Waals surface area (Å²) >= 11 is 0.776. The highest BCUT2D eigenvalue weighted by Crippen LogP contribution is 2.44. The predicted octanol–water partition coefficient (Wildman–Crippen LogP) is 5.03. The molecule has 2 aromatic rings. The van der Waals surface area contributed by atoms with Gasteiger partial charge >= 0.3 is 0 Å². The smallest absolute Gasteiger partial charge is 0.282 e. The van der Waals surface area contributed by atoms with Crippen LogP contribution in [-0.2, 0) is 4.18 Å². The van der Waals surface area contributed by atoms with Crippen LogP contribution in [0.5, 0.6) is 0 Å². The number of piperidine rings is 1. The van der Waals surface area contributed by atoms with Crippen LogP contribution in [0.3, 0.4) is 0 Å². The zero-order valence-corrected chi connectivity index (χ0v) is 21.9. The topological polar surface area (TPSA) is 100 Å². The predicted molar refractivity (Wildman–Crippen MR) is 143 cm³/mol. The van der Waals surface area contributed by atoms with Gasteiger partial charge in [0.05, 0.1) is 29.7 Å². The number of hydrogen-bond donors (Lipinski definition) is 2. The summed E-state index contributed by atoms with van der Waals surface area (Å²) < 4.78 is 6.96. The number of carbonyl (C=O) groups excluding carboxylic acids is 1. The maximum Gasteiger partial charge on any atom is 0.282 e. The number of benzene rings is 1. The molecular formula is C27H37N5O3S. The third-order valence-corrected chi connectivity index (χ3v) is 8.75. The van der Waals surface area contributed by atoms with Gasteiger partial charge < -0.3 is 8.75 Å². The lowest BCUT2D eigenvalue weighted by Crippen LogP contribution is -2.50. The molecule has 1 aromatic heterocycles. The summed E-state index contributed by atoms with van der Waals surface area (Å²) in [6.45, 7) is 2.22. The summed E-state index contributed by atoms with van der Waals surface area (Å²) in [7, 11) is 0. The maximum absolute atomic E-state index is 13.7. The monoisotopic (exact) mass is 511 g/mol. The Labute approximate surface area is 216 Å². The minimum atomic E-state index is -0.661. The van der Waals surface area contributed by atoms with Gasteiger partial charge in [-0.3, -0.25) is 25.2 Å². The number of nitrogens with one attached hydrogen (secondary N) is 2. The first-order valence-corrected chi connectivity index (χ1v) is 14.3. The molecule has 194 valence electrons. The van der Waals surface area contributed by atoms with E-state index in [9.17, 15) is 9.59 Å². The van der Waals surface area contributed by atoms with Gasteiger partial charge in [0, 0.05) is 24.2 Å². The largest absolute Gasteiger partial charge is 0.308 e.